The smallest absolute Gasteiger partial charge is 0.202 e. The van der Waals surface area contributed by atoms with Gasteiger partial charge in [-0.15, -0.1) is 0 Å². The molecule has 0 radical (unpaired) electrons. The molecule has 0 fully saturated rings. The van der Waals surface area contributed by atoms with Crippen LogP contribution in [-0.4, -0.2) is 16.1 Å². The van der Waals surface area contributed by atoms with Crippen LogP contribution in [0.2, 0.25) is 0 Å². The highest BCUT2D eigenvalue weighted by Crippen LogP contribution is 2.11. The van der Waals surface area contributed by atoms with Crippen molar-refractivity contribution in [2.75, 3.05) is 0 Å². The molecule has 1 aliphatic rings. The maximum atomic E-state index is 11.3. The molecule has 0 spiro atoms. The maximum absolute atomic E-state index is 11.3. The summed E-state index contributed by atoms with van der Waals surface area (Å²) in [6.45, 7) is 0. The van der Waals surface area contributed by atoms with E-state index in [2.05, 4.69) is 0 Å². The third kappa shape index (κ3) is 1.36. The Balaban J connectivity index is 2.44. The van der Waals surface area contributed by atoms with Crippen molar-refractivity contribution in [2.45, 2.75) is 0 Å². The zero-order valence-corrected chi connectivity index (χ0v) is 6.81. The zero-order valence-electron chi connectivity index (χ0n) is 6.81. The predicted molar refractivity (Wildman–Crippen MR) is 47.9 cm³/mol. The Morgan fingerprint density at radius 2 is 1.69 bits per heavy atom. The van der Waals surface area contributed by atoms with Crippen LogP contribution in [0.3, 0.4) is 0 Å². The first-order valence-electron chi connectivity index (χ1n) is 3.89. The standard InChI is InChI=1S/C10H7NO2/c12-8-3-4-10(13)9(7-8)11-5-1-2-6-11/h1-7H. The van der Waals surface area contributed by atoms with Crippen LogP contribution in [0, 0.1) is 0 Å². The second-order valence-electron chi connectivity index (χ2n) is 2.72. The number of aromatic nitrogens is 1. The van der Waals surface area contributed by atoms with Gasteiger partial charge in [0.25, 0.3) is 0 Å². The molecule has 1 aromatic rings. The van der Waals surface area contributed by atoms with E-state index >= 15 is 0 Å². The Labute approximate surface area is 75.0 Å². The number of nitrogens with zero attached hydrogens (tertiary/aromatic N) is 1. The Kier molecular flexibility index (Phi) is 1.70. The lowest BCUT2D eigenvalue weighted by molar-refractivity contribution is -0.113. The number of carbonyl (C=O) groups is 2. The van der Waals surface area contributed by atoms with E-state index in [1.54, 1.807) is 29.1 Å². The summed E-state index contributed by atoms with van der Waals surface area (Å²) in [6, 6.07) is 3.60. The average molecular weight is 173 g/mol. The minimum Gasteiger partial charge on any atom is -0.320 e. The van der Waals surface area contributed by atoms with Crippen molar-refractivity contribution in [1.82, 2.24) is 4.57 Å². The molecule has 1 aromatic heterocycles. The second-order valence-corrected chi connectivity index (χ2v) is 2.72. The fourth-order valence-corrected chi connectivity index (χ4v) is 1.19. The summed E-state index contributed by atoms with van der Waals surface area (Å²) in [7, 11) is 0. The van der Waals surface area contributed by atoms with Gasteiger partial charge in [-0.05, 0) is 24.3 Å². The summed E-state index contributed by atoms with van der Waals surface area (Å²) in [5, 5.41) is 0. The molecule has 0 saturated carbocycles. The largest absolute Gasteiger partial charge is 0.320 e. The molecule has 0 atom stereocenters. The molecule has 3 nitrogen and oxygen atoms in total. The number of allylic oxidation sites excluding steroid dienone is 4. The molecule has 2 rings (SSSR count). The zero-order chi connectivity index (χ0) is 9.26. The van der Waals surface area contributed by atoms with Gasteiger partial charge in [0.1, 0.15) is 0 Å². The van der Waals surface area contributed by atoms with Gasteiger partial charge in [0.05, 0.1) is 5.70 Å². The topological polar surface area (TPSA) is 39.1 Å². The summed E-state index contributed by atoms with van der Waals surface area (Å²) < 4.78 is 1.63. The van der Waals surface area contributed by atoms with Gasteiger partial charge in [0, 0.05) is 18.5 Å². The quantitative estimate of drug-likeness (QED) is 0.595. The Bertz CT molecular complexity index is 410. The summed E-state index contributed by atoms with van der Waals surface area (Å²) >= 11 is 0. The van der Waals surface area contributed by atoms with Crippen LogP contribution in [0.25, 0.3) is 5.70 Å². The first-order chi connectivity index (χ1) is 6.27. The molecule has 0 saturated heterocycles. The Hall–Kier alpha value is -1.90. The van der Waals surface area contributed by atoms with Crippen LogP contribution in [-0.2, 0) is 9.59 Å². The van der Waals surface area contributed by atoms with Crippen LogP contribution in [0.5, 0.6) is 0 Å². The fourth-order valence-electron chi connectivity index (χ4n) is 1.19. The summed E-state index contributed by atoms with van der Waals surface area (Å²) in [6.07, 6.45) is 7.36. The maximum Gasteiger partial charge on any atom is 0.202 e. The third-order valence-corrected chi connectivity index (χ3v) is 1.81. The van der Waals surface area contributed by atoms with Crippen LogP contribution in [0.1, 0.15) is 0 Å². The number of carbonyl (C=O) groups excluding carboxylic acids is 2. The van der Waals surface area contributed by atoms with Crippen molar-refractivity contribution in [3.8, 4) is 0 Å². The van der Waals surface area contributed by atoms with E-state index in [-0.39, 0.29) is 11.6 Å². The molecule has 0 amide bonds. The van der Waals surface area contributed by atoms with Gasteiger partial charge in [-0.2, -0.15) is 0 Å². The number of hydrogen-bond donors (Lipinski definition) is 0. The van der Waals surface area contributed by atoms with E-state index in [9.17, 15) is 9.59 Å². The molecule has 0 aromatic carbocycles. The third-order valence-electron chi connectivity index (χ3n) is 1.81. The van der Waals surface area contributed by atoms with E-state index in [0.717, 1.165) is 0 Å². The minimum absolute atomic E-state index is 0.143. The summed E-state index contributed by atoms with van der Waals surface area (Å²) in [4.78, 5) is 22.3. The first kappa shape index (κ1) is 7.73. The van der Waals surface area contributed by atoms with Crippen molar-refractivity contribution in [2.24, 2.45) is 0 Å². The van der Waals surface area contributed by atoms with Gasteiger partial charge in [0.2, 0.25) is 5.78 Å². The lowest BCUT2D eigenvalue weighted by atomic mass is 10.1. The van der Waals surface area contributed by atoms with Crippen molar-refractivity contribution >= 4 is 17.3 Å². The van der Waals surface area contributed by atoms with Gasteiger partial charge in [-0.1, -0.05) is 0 Å². The molecule has 13 heavy (non-hydrogen) atoms. The summed E-state index contributed by atoms with van der Waals surface area (Å²) in [5.74, 6) is -0.292. The highest BCUT2D eigenvalue weighted by molar-refractivity contribution is 6.30. The molecular weight excluding hydrogens is 166 g/mol. The lowest BCUT2D eigenvalue weighted by Crippen LogP contribution is -2.10. The number of hydrogen-bond acceptors (Lipinski definition) is 2. The normalized spacial score (nSPS) is 16.2. The van der Waals surface area contributed by atoms with E-state index in [1.807, 2.05) is 0 Å². The van der Waals surface area contributed by atoms with Crippen LogP contribution in [0.4, 0.5) is 0 Å². The molecule has 3 heteroatoms. The van der Waals surface area contributed by atoms with Crippen LogP contribution in [0.15, 0.2) is 42.8 Å². The Morgan fingerprint density at radius 3 is 2.38 bits per heavy atom. The van der Waals surface area contributed by atoms with Crippen LogP contribution >= 0.6 is 0 Å². The molecule has 0 bridgehead atoms. The average Bonchev–Trinajstić information content (AvgIpc) is 2.61. The van der Waals surface area contributed by atoms with Gasteiger partial charge >= 0.3 is 0 Å². The Morgan fingerprint density at radius 1 is 1.00 bits per heavy atom. The van der Waals surface area contributed by atoms with Crippen molar-refractivity contribution in [3.05, 3.63) is 42.8 Å². The fraction of sp³-hybridized carbons (Fsp3) is 0. The monoisotopic (exact) mass is 173 g/mol. The molecule has 1 aliphatic carbocycles. The second kappa shape index (κ2) is 2.86. The van der Waals surface area contributed by atoms with E-state index in [1.165, 1.54) is 18.2 Å². The van der Waals surface area contributed by atoms with E-state index < -0.39 is 0 Å². The minimum atomic E-state index is -0.150. The van der Waals surface area contributed by atoms with E-state index in [4.69, 9.17) is 0 Å². The molecule has 0 N–H and O–H groups in total. The van der Waals surface area contributed by atoms with Gasteiger partial charge in [0.15, 0.2) is 5.78 Å². The SMILES string of the molecule is O=C1C=CC(=O)C(n2cccc2)=C1. The van der Waals surface area contributed by atoms with Crippen LogP contribution < -0.4 is 0 Å². The summed E-state index contributed by atoms with van der Waals surface area (Å²) in [5.41, 5.74) is 0.400. The number of ketones is 2. The number of rotatable bonds is 1. The van der Waals surface area contributed by atoms with Crippen molar-refractivity contribution in [3.63, 3.8) is 0 Å². The molecule has 0 aliphatic heterocycles. The van der Waals surface area contributed by atoms with Gasteiger partial charge < -0.3 is 4.57 Å². The molecular formula is C10H7NO2. The molecule has 64 valence electrons. The highest BCUT2D eigenvalue weighted by atomic mass is 16.1. The van der Waals surface area contributed by atoms with Gasteiger partial charge in [-0.3, -0.25) is 9.59 Å². The lowest BCUT2D eigenvalue weighted by Gasteiger charge is -2.06. The van der Waals surface area contributed by atoms with E-state index in [0.29, 0.717) is 5.70 Å². The first-order valence-corrected chi connectivity index (χ1v) is 3.89. The highest BCUT2D eigenvalue weighted by Gasteiger charge is 2.13. The van der Waals surface area contributed by atoms with Crippen molar-refractivity contribution in [1.29, 1.82) is 0 Å². The van der Waals surface area contributed by atoms with Gasteiger partial charge in [-0.25, -0.2) is 0 Å². The molecule has 0 unspecified atom stereocenters. The molecule has 1 heterocycles. The van der Waals surface area contributed by atoms with Crippen molar-refractivity contribution < 1.29 is 9.59 Å². The predicted octanol–water partition coefficient (Wildman–Crippen LogP) is 1.04.